The van der Waals surface area contributed by atoms with Crippen LogP contribution in [0.25, 0.3) is 0 Å². The normalized spacial score (nSPS) is 12.7. The van der Waals surface area contributed by atoms with E-state index in [-0.39, 0.29) is 18.0 Å². The van der Waals surface area contributed by atoms with Gasteiger partial charge < -0.3 is 30.3 Å². The minimum Gasteiger partial charge on any atom is -0.504 e. The predicted molar refractivity (Wildman–Crippen MR) is 91.0 cm³/mol. The number of amides is 1. The van der Waals surface area contributed by atoms with Crippen LogP contribution in [0.5, 0.6) is 11.5 Å². The SMILES string of the molecule is CC(O)CN(CCNCc1ccc(O)c(O)c1)C(=O)OC(C)(C)C. The Bertz CT molecular complexity index is 540. The Labute approximate surface area is 142 Å². The second-order valence-electron chi connectivity index (χ2n) is 6.78. The molecule has 0 heterocycles. The van der Waals surface area contributed by atoms with Crippen molar-refractivity contribution in [2.45, 2.75) is 45.9 Å². The van der Waals surface area contributed by atoms with Gasteiger partial charge in [0.1, 0.15) is 5.60 Å². The first-order chi connectivity index (χ1) is 11.1. The van der Waals surface area contributed by atoms with Gasteiger partial charge in [-0.2, -0.15) is 0 Å². The summed E-state index contributed by atoms with van der Waals surface area (Å²) in [5.41, 5.74) is 0.218. The Morgan fingerprint density at radius 3 is 2.50 bits per heavy atom. The largest absolute Gasteiger partial charge is 0.504 e. The van der Waals surface area contributed by atoms with Gasteiger partial charge in [0.05, 0.1) is 6.10 Å². The lowest BCUT2D eigenvalue weighted by Gasteiger charge is -2.28. The van der Waals surface area contributed by atoms with Gasteiger partial charge >= 0.3 is 6.09 Å². The average molecular weight is 340 g/mol. The lowest BCUT2D eigenvalue weighted by Crippen LogP contribution is -2.43. The molecule has 1 rings (SSSR count). The Hall–Kier alpha value is -1.99. The van der Waals surface area contributed by atoms with Crippen molar-refractivity contribution in [1.29, 1.82) is 0 Å². The maximum absolute atomic E-state index is 12.1. The van der Waals surface area contributed by atoms with Crippen molar-refractivity contribution in [2.75, 3.05) is 19.6 Å². The van der Waals surface area contributed by atoms with Crippen LogP contribution >= 0.6 is 0 Å². The summed E-state index contributed by atoms with van der Waals surface area (Å²) in [4.78, 5) is 13.6. The number of aliphatic hydroxyl groups is 1. The lowest BCUT2D eigenvalue weighted by atomic mass is 10.2. The molecule has 0 fully saturated rings. The fraction of sp³-hybridized carbons (Fsp3) is 0.588. The molecule has 0 aliphatic rings. The topological polar surface area (TPSA) is 102 Å². The molecule has 1 unspecified atom stereocenters. The van der Waals surface area contributed by atoms with Crippen molar-refractivity contribution in [3.8, 4) is 11.5 Å². The number of phenolic OH excluding ortho intramolecular Hbond substituents is 2. The highest BCUT2D eigenvalue weighted by Gasteiger charge is 2.22. The lowest BCUT2D eigenvalue weighted by molar-refractivity contribution is 0.0164. The van der Waals surface area contributed by atoms with E-state index in [4.69, 9.17) is 4.74 Å². The summed E-state index contributed by atoms with van der Waals surface area (Å²) in [7, 11) is 0. The molecule has 1 amide bonds. The van der Waals surface area contributed by atoms with Gasteiger partial charge in [-0.3, -0.25) is 0 Å². The van der Waals surface area contributed by atoms with Crippen molar-refractivity contribution in [1.82, 2.24) is 10.2 Å². The fourth-order valence-electron chi connectivity index (χ4n) is 2.03. The highest BCUT2D eigenvalue weighted by atomic mass is 16.6. The van der Waals surface area contributed by atoms with Gasteiger partial charge in [-0.1, -0.05) is 6.07 Å². The Morgan fingerprint density at radius 2 is 1.96 bits per heavy atom. The van der Waals surface area contributed by atoms with Crippen LogP contribution < -0.4 is 5.32 Å². The van der Waals surface area contributed by atoms with Gasteiger partial charge in [0, 0.05) is 26.2 Å². The number of carbonyl (C=O) groups is 1. The molecule has 1 aromatic carbocycles. The van der Waals surface area contributed by atoms with E-state index in [9.17, 15) is 20.1 Å². The number of hydrogen-bond acceptors (Lipinski definition) is 6. The summed E-state index contributed by atoms with van der Waals surface area (Å²) in [6.45, 7) is 8.53. The molecule has 0 spiro atoms. The van der Waals surface area contributed by atoms with Crippen molar-refractivity contribution in [2.24, 2.45) is 0 Å². The van der Waals surface area contributed by atoms with Crippen molar-refractivity contribution in [3.63, 3.8) is 0 Å². The predicted octanol–water partition coefficient (Wildman–Crippen LogP) is 1.81. The van der Waals surface area contributed by atoms with Crippen LogP contribution in [-0.2, 0) is 11.3 Å². The van der Waals surface area contributed by atoms with Crippen molar-refractivity contribution >= 4 is 6.09 Å². The number of hydrogen-bond donors (Lipinski definition) is 4. The van der Waals surface area contributed by atoms with E-state index in [1.165, 1.54) is 17.0 Å². The van der Waals surface area contributed by atoms with Gasteiger partial charge in [0.15, 0.2) is 11.5 Å². The summed E-state index contributed by atoms with van der Waals surface area (Å²) in [5, 5.41) is 31.4. The van der Waals surface area contributed by atoms with E-state index in [0.29, 0.717) is 19.6 Å². The molecule has 136 valence electrons. The third kappa shape index (κ3) is 7.52. The summed E-state index contributed by atoms with van der Waals surface area (Å²) in [6, 6.07) is 4.60. The van der Waals surface area contributed by atoms with E-state index >= 15 is 0 Å². The van der Waals surface area contributed by atoms with Crippen molar-refractivity contribution < 1.29 is 24.9 Å². The van der Waals surface area contributed by atoms with E-state index < -0.39 is 17.8 Å². The number of carbonyl (C=O) groups excluding carboxylic acids is 1. The summed E-state index contributed by atoms with van der Waals surface area (Å²) in [5.74, 6) is -0.328. The number of nitrogens with one attached hydrogen (secondary N) is 1. The summed E-state index contributed by atoms with van der Waals surface area (Å²) in [6.07, 6.45) is -1.11. The molecule has 0 aliphatic carbocycles. The molecule has 4 N–H and O–H groups in total. The maximum Gasteiger partial charge on any atom is 0.410 e. The van der Waals surface area contributed by atoms with Crippen LogP contribution in [0.15, 0.2) is 18.2 Å². The van der Waals surface area contributed by atoms with Gasteiger partial charge in [-0.15, -0.1) is 0 Å². The van der Waals surface area contributed by atoms with E-state index in [1.807, 2.05) is 0 Å². The number of rotatable bonds is 7. The van der Waals surface area contributed by atoms with Gasteiger partial charge in [-0.05, 0) is 45.4 Å². The van der Waals surface area contributed by atoms with Crippen molar-refractivity contribution in [3.05, 3.63) is 23.8 Å². The molecule has 0 saturated heterocycles. The monoisotopic (exact) mass is 340 g/mol. The molecule has 24 heavy (non-hydrogen) atoms. The molecule has 0 aromatic heterocycles. The van der Waals surface area contributed by atoms with Gasteiger partial charge in [0.25, 0.3) is 0 Å². The highest BCUT2D eigenvalue weighted by molar-refractivity contribution is 5.68. The van der Waals surface area contributed by atoms with E-state index in [1.54, 1.807) is 33.8 Å². The van der Waals surface area contributed by atoms with E-state index in [2.05, 4.69) is 5.32 Å². The molecule has 0 saturated carbocycles. The average Bonchev–Trinajstić information content (AvgIpc) is 2.43. The maximum atomic E-state index is 12.1. The zero-order valence-corrected chi connectivity index (χ0v) is 14.7. The quantitative estimate of drug-likeness (QED) is 0.446. The van der Waals surface area contributed by atoms with Crippen LogP contribution in [-0.4, -0.2) is 57.7 Å². The second kappa shape index (κ2) is 8.75. The number of aromatic hydroxyl groups is 2. The number of aliphatic hydroxyl groups excluding tert-OH is 1. The van der Waals surface area contributed by atoms with Gasteiger partial charge in [0.2, 0.25) is 0 Å². The van der Waals surface area contributed by atoms with Gasteiger partial charge in [-0.25, -0.2) is 4.79 Å². The molecule has 1 aromatic rings. The first kappa shape index (κ1) is 20.1. The zero-order valence-electron chi connectivity index (χ0n) is 14.7. The van der Waals surface area contributed by atoms with Crippen LogP contribution in [0.4, 0.5) is 4.79 Å². The zero-order chi connectivity index (χ0) is 18.3. The third-order valence-electron chi connectivity index (χ3n) is 3.06. The molecular weight excluding hydrogens is 312 g/mol. The molecule has 7 heteroatoms. The number of benzene rings is 1. The molecule has 0 radical (unpaired) electrons. The minimum absolute atomic E-state index is 0.160. The summed E-state index contributed by atoms with van der Waals surface area (Å²) < 4.78 is 5.33. The number of phenols is 2. The van der Waals surface area contributed by atoms with Crippen LogP contribution in [0.2, 0.25) is 0 Å². The smallest absolute Gasteiger partial charge is 0.410 e. The Kier molecular flexibility index (Phi) is 7.31. The molecule has 7 nitrogen and oxygen atoms in total. The van der Waals surface area contributed by atoms with E-state index in [0.717, 1.165) is 5.56 Å². The van der Waals surface area contributed by atoms with Crippen LogP contribution in [0.1, 0.15) is 33.3 Å². The molecular formula is C17H28N2O5. The molecule has 0 bridgehead atoms. The second-order valence-corrected chi connectivity index (χ2v) is 6.78. The number of ether oxygens (including phenoxy) is 1. The minimum atomic E-state index is -0.647. The van der Waals surface area contributed by atoms with Crippen LogP contribution in [0, 0.1) is 0 Å². The molecule has 1 atom stereocenters. The summed E-state index contributed by atoms with van der Waals surface area (Å²) >= 11 is 0. The molecule has 0 aliphatic heterocycles. The fourth-order valence-corrected chi connectivity index (χ4v) is 2.03. The number of nitrogens with zero attached hydrogens (tertiary/aromatic N) is 1. The van der Waals surface area contributed by atoms with Crippen LogP contribution in [0.3, 0.4) is 0 Å². The third-order valence-corrected chi connectivity index (χ3v) is 3.06. The highest BCUT2D eigenvalue weighted by Crippen LogP contribution is 2.24. The first-order valence-corrected chi connectivity index (χ1v) is 7.96. The Morgan fingerprint density at radius 1 is 1.29 bits per heavy atom. The Balaban J connectivity index is 2.49. The standard InChI is InChI=1S/C17H28N2O5/c1-12(20)11-19(16(23)24-17(2,3)4)8-7-18-10-13-5-6-14(21)15(22)9-13/h5-6,9,12,18,20-22H,7-8,10-11H2,1-4H3. The first-order valence-electron chi connectivity index (χ1n) is 7.96.